The Labute approximate surface area is 106 Å². The molecule has 2 aromatic heterocycles. The van der Waals surface area contributed by atoms with Crippen LogP contribution in [0, 0.1) is 34.6 Å². The summed E-state index contributed by atoms with van der Waals surface area (Å²) in [6.45, 7) is 9.82. The minimum absolute atomic E-state index is 0.388. The standard InChI is InChI=1S/C12H15ClN4/c1-6-7(2)16-17(10(6)5)12-11(13)14-8(3)9(4)15-12/h1-5H3. The second-order valence-electron chi connectivity index (χ2n) is 4.22. The van der Waals surface area contributed by atoms with E-state index in [0.717, 1.165) is 28.3 Å². The van der Waals surface area contributed by atoms with Gasteiger partial charge in [-0.05, 0) is 40.2 Å². The lowest BCUT2D eigenvalue weighted by molar-refractivity contribution is 0.789. The Morgan fingerprint density at radius 3 is 2.00 bits per heavy atom. The van der Waals surface area contributed by atoms with Crippen LogP contribution in [0.2, 0.25) is 5.15 Å². The molecule has 2 rings (SSSR count). The molecule has 0 N–H and O–H groups in total. The van der Waals surface area contributed by atoms with Gasteiger partial charge in [0, 0.05) is 5.69 Å². The number of hydrogen-bond acceptors (Lipinski definition) is 3. The van der Waals surface area contributed by atoms with Crippen molar-refractivity contribution in [2.45, 2.75) is 34.6 Å². The van der Waals surface area contributed by atoms with E-state index in [1.807, 2.05) is 34.6 Å². The second kappa shape index (κ2) is 4.11. The third-order valence-electron chi connectivity index (χ3n) is 3.10. The average Bonchev–Trinajstić information content (AvgIpc) is 2.51. The molecule has 0 fully saturated rings. The van der Waals surface area contributed by atoms with Crippen LogP contribution in [-0.4, -0.2) is 19.7 Å². The van der Waals surface area contributed by atoms with Crippen LogP contribution in [0.4, 0.5) is 0 Å². The summed E-state index contributed by atoms with van der Waals surface area (Å²) in [6.07, 6.45) is 0. The van der Waals surface area contributed by atoms with Gasteiger partial charge in [0.1, 0.15) is 0 Å². The lowest BCUT2D eigenvalue weighted by atomic mass is 10.2. The van der Waals surface area contributed by atoms with Crippen molar-refractivity contribution in [2.75, 3.05) is 0 Å². The zero-order valence-corrected chi connectivity index (χ0v) is 11.4. The van der Waals surface area contributed by atoms with Gasteiger partial charge in [-0.2, -0.15) is 5.10 Å². The normalized spacial score (nSPS) is 10.9. The van der Waals surface area contributed by atoms with Crippen molar-refractivity contribution < 1.29 is 0 Å². The minimum Gasteiger partial charge on any atom is -0.236 e. The van der Waals surface area contributed by atoms with E-state index in [1.165, 1.54) is 0 Å². The lowest BCUT2D eigenvalue weighted by Gasteiger charge is -2.08. The molecule has 0 aliphatic heterocycles. The van der Waals surface area contributed by atoms with E-state index in [2.05, 4.69) is 15.1 Å². The highest BCUT2D eigenvalue weighted by atomic mass is 35.5. The van der Waals surface area contributed by atoms with E-state index in [-0.39, 0.29) is 0 Å². The predicted octanol–water partition coefficient (Wildman–Crippen LogP) is 2.86. The fourth-order valence-corrected chi connectivity index (χ4v) is 1.87. The van der Waals surface area contributed by atoms with Crippen LogP contribution in [0.5, 0.6) is 0 Å². The number of halogens is 1. The molecule has 0 aliphatic rings. The quantitative estimate of drug-likeness (QED) is 0.782. The summed E-state index contributed by atoms with van der Waals surface area (Å²) in [6, 6.07) is 0. The predicted molar refractivity (Wildman–Crippen MR) is 67.8 cm³/mol. The molecule has 0 aromatic carbocycles. The van der Waals surface area contributed by atoms with E-state index >= 15 is 0 Å². The molecule has 4 nitrogen and oxygen atoms in total. The summed E-state index contributed by atoms with van der Waals surface area (Å²) in [5.41, 5.74) is 4.90. The van der Waals surface area contributed by atoms with Crippen LogP contribution in [0.1, 0.15) is 28.3 Å². The van der Waals surface area contributed by atoms with Gasteiger partial charge in [-0.15, -0.1) is 0 Å². The van der Waals surface area contributed by atoms with Crippen molar-refractivity contribution in [3.8, 4) is 5.82 Å². The first-order chi connectivity index (χ1) is 7.91. The van der Waals surface area contributed by atoms with Crippen molar-refractivity contribution >= 4 is 11.6 Å². The third kappa shape index (κ3) is 1.93. The monoisotopic (exact) mass is 250 g/mol. The summed E-state index contributed by atoms with van der Waals surface area (Å²) in [5, 5.41) is 4.83. The Balaban J connectivity index is 2.68. The molecule has 2 heterocycles. The van der Waals surface area contributed by atoms with E-state index in [0.29, 0.717) is 11.0 Å². The molecular weight excluding hydrogens is 236 g/mol. The lowest BCUT2D eigenvalue weighted by Crippen LogP contribution is -2.07. The number of nitrogens with zero attached hydrogens (tertiary/aromatic N) is 4. The first-order valence-corrected chi connectivity index (χ1v) is 5.83. The van der Waals surface area contributed by atoms with E-state index < -0.39 is 0 Å². The molecule has 5 heteroatoms. The number of rotatable bonds is 1. The summed E-state index contributed by atoms with van der Waals surface area (Å²) >= 11 is 6.14. The molecule has 0 spiro atoms. The maximum absolute atomic E-state index is 6.14. The van der Waals surface area contributed by atoms with Gasteiger partial charge < -0.3 is 0 Å². The van der Waals surface area contributed by atoms with Crippen molar-refractivity contribution in [1.29, 1.82) is 0 Å². The van der Waals surface area contributed by atoms with Crippen LogP contribution >= 0.6 is 11.6 Å². The Morgan fingerprint density at radius 1 is 0.882 bits per heavy atom. The second-order valence-corrected chi connectivity index (χ2v) is 4.57. The largest absolute Gasteiger partial charge is 0.236 e. The fraction of sp³-hybridized carbons (Fsp3) is 0.417. The maximum Gasteiger partial charge on any atom is 0.191 e. The van der Waals surface area contributed by atoms with Crippen molar-refractivity contribution in [2.24, 2.45) is 0 Å². The third-order valence-corrected chi connectivity index (χ3v) is 3.35. The first kappa shape index (κ1) is 12.0. The zero-order valence-electron chi connectivity index (χ0n) is 10.7. The molecule has 17 heavy (non-hydrogen) atoms. The van der Waals surface area contributed by atoms with E-state index in [4.69, 9.17) is 11.6 Å². The Morgan fingerprint density at radius 2 is 1.47 bits per heavy atom. The van der Waals surface area contributed by atoms with Crippen LogP contribution in [0.3, 0.4) is 0 Å². The van der Waals surface area contributed by atoms with E-state index in [9.17, 15) is 0 Å². The van der Waals surface area contributed by atoms with Crippen LogP contribution in [0.15, 0.2) is 0 Å². The topological polar surface area (TPSA) is 43.6 Å². The van der Waals surface area contributed by atoms with Gasteiger partial charge in [-0.25, -0.2) is 14.6 Å². The van der Waals surface area contributed by atoms with Gasteiger partial charge in [-0.1, -0.05) is 11.6 Å². The summed E-state index contributed by atoms with van der Waals surface area (Å²) in [7, 11) is 0. The van der Waals surface area contributed by atoms with Gasteiger partial charge in [0.05, 0.1) is 17.1 Å². The molecule has 0 radical (unpaired) electrons. The summed E-state index contributed by atoms with van der Waals surface area (Å²) in [5.74, 6) is 0.600. The Bertz CT molecular complexity index is 587. The SMILES string of the molecule is Cc1nc(Cl)c(-n2nc(C)c(C)c2C)nc1C. The van der Waals surface area contributed by atoms with Gasteiger partial charge in [-0.3, -0.25) is 0 Å². The molecule has 0 saturated heterocycles. The number of aryl methyl sites for hydroxylation is 3. The highest BCUT2D eigenvalue weighted by molar-refractivity contribution is 6.30. The smallest absolute Gasteiger partial charge is 0.191 e. The van der Waals surface area contributed by atoms with Gasteiger partial charge in [0.25, 0.3) is 0 Å². The molecule has 0 amide bonds. The highest BCUT2D eigenvalue weighted by Crippen LogP contribution is 2.21. The van der Waals surface area contributed by atoms with Crippen LogP contribution in [0.25, 0.3) is 5.82 Å². The fourth-order valence-electron chi connectivity index (χ4n) is 1.63. The molecule has 90 valence electrons. The average molecular weight is 251 g/mol. The van der Waals surface area contributed by atoms with E-state index in [1.54, 1.807) is 4.68 Å². The van der Waals surface area contributed by atoms with Crippen molar-refractivity contribution in [3.63, 3.8) is 0 Å². The van der Waals surface area contributed by atoms with Gasteiger partial charge in [0.2, 0.25) is 0 Å². The minimum atomic E-state index is 0.388. The van der Waals surface area contributed by atoms with Crippen molar-refractivity contribution in [1.82, 2.24) is 19.7 Å². The van der Waals surface area contributed by atoms with Gasteiger partial charge in [0.15, 0.2) is 11.0 Å². The molecule has 2 aromatic rings. The number of hydrogen-bond donors (Lipinski definition) is 0. The number of aromatic nitrogens is 4. The molecule has 0 aliphatic carbocycles. The van der Waals surface area contributed by atoms with Gasteiger partial charge >= 0.3 is 0 Å². The van der Waals surface area contributed by atoms with Crippen molar-refractivity contribution in [3.05, 3.63) is 33.5 Å². The highest BCUT2D eigenvalue weighted by Gasteiger charge is 2.15. The summed E-state index contributed by atoms with van der Waals surface area (Å²) < 4.78 is 1.76. The van der Waals surface area contributed by atoms with Crippen LogP contribution < -0.4 is 0 Å². The molecule has 0 saturated carbocycles. The first-order valence-electron chi connectivity index (χ1n) is 5.45. The summed E-state index contributed by atoms with van der Waals surface area (Å²) in [4.78, 5) is 8.74. The molecule has 0 atom stereocenters. The zero-order chi connectivity index (χ0) is 12.7. The Hall–Kier alpha value is -1.42. The molecule has 0 unspecified atom stereocenters. The maximum atomic E-state index is 6.14. The molecule has 0 bridgehead atoms. The van der Waals surface area contributed by atoms with Crippen LogP contribution in [-0.2, 0) is 0 Å². The Kier molecular flexibility index (Phi) is 2.91. The molecular formula is C12H15ClN4.